The molecule has 0 aliphatic carbocycles. The fraction of sp³-hybridized carbons (Fsp3) is 0.556. The van der Waals surface area contributed by atoms with E-state index >= 15 is 0 Å². The maximum atomic E-state index is 9.14. The Kier molecular flexibility index (Phi) is 2.89. The highest BCUT2D eigenvalue weighted by Crippen LogP contribution is 2.34. The summed E-state index contributed by atoms with van der Waals surface area (Å²) in [5.41, 5.74) is 0. The molecule has 2 N–H and O–H groups in total. The van der Waals surface area contributed by atoms with Gasteiger partial charge in [0.25, 0.3) is 0 Å². The third-order valence-electron chi connectivity index (χ3n) is 2.53. The van der Waals surface area contributed by atoms with Crippen LogP contribution in [0.4, 0.5) is 0 Å². The molecule has 1 aliphatic rings. The van der Waals surface area contributed by atoms with E-state index < -0.39 is 0 Å². The molecule has 4 heteroatoms. The van der Waals surface area contributed by atoms with Crippen LogP contribution in [0.2, 0.25) is 4.34 Å². The first-order valence-electron chi connectivity index (χ1n) is 4.38. The molecule has 2 nitrogen and oxygen atoms in total. The van der Waals surface area contributed by atoms with Gasteiger partial charge in [-0.2, -0.15) is 0 Å². The summed E-state index contributed by atoms with van der Waals surface area (Å²) in [7, 11) is 0. The van der Waals surface area contributed by atoms with Crippen molar-refractivity contribution in [3.05, 3.63) is 21.3 Å². The van der Waals surface area contributed by atoms with Gasteiger partial charge in [-0.3, -0.25) is 0 Å². The zero-order valence-electron chi connectivity index (χ0n) is 7.16. The summed E-state index contributed by atoms with van der Waals surface area (Å²) in [6, 6.07) is 3.99. The summed E-state index contributed by atoms with van der Waals surface area (Å²) < 4.78 is 0.832. The summed E-state index contributed by atoms with van der Waals surface area (Å²) in [6.07, 6.45) is 0. The van der Waals surface area contributed by atoms with E-state index in [-0.39, 0.29) is 6.61 Å². The second-order valence-electron chi connectivity index (χ2n) is 3.35. The zero-order chi connectivity index (χ0) is 9.26. The Morgan fingerprint density at radius 1 is 1.54 bits per heavy atom. The Morgan fingerprint density at radius 2 is 2.38 bits per heavy atom. The van der Waals surface area contributed by atoms with Gasteiger partial charge in [0.05, 0.1) is 4.34 Å². The van der Waals surface area contributed by atoms with Crippen LogP contribution in [0.1, 0.15) is 10.8 Å². The lowest BCUT2D eigenvalue weighted by molar-refractivity contribution is 0.227. The van der Waals surface area contributed by atoms with E-state index in [1.54, 1.807) is 11.3 Å². The van der Waals surface area contributed by atoms with Crippen LogP contribution in [0, 0.1) is 5.92 Å². The molecule has 0 bridgehead atoms. The molecule has 0 saturated carbocycles. The van der Waals surface area contributed by atoms with Gasteiger partial charge in [-0.05, 0) is 12.1 Å². The molecule has 0 unspecified atom stereocenters. The van der Waals surface area contributed by atoms with Crippen LogP contribution in [0.15, 0.2) is 12.1 Å². The number of hydrogen-bond donors (Lipinski definition) is 2. The maximum Gasteiger partial charge on any atom is 0.0931 e. The SMILES string of the molecule is OC[C@@H]1CNC[C@@H]1c1ccc(Cl)s1. The highest BCUT2D eigenvalue weighted by atomic mass is 35.5. The molecule has 2 atom stereocenters. The number of nitrogens with one attached hydrogen (secondary N) is 1. The second kappa shape index (κ2) is 3.96. The van der Waals surface area contributed by atoms with Crippen molar-refractivity contribution in [2.45, 2.75) is 5.92 Å². The summed E-state index contributed by atoms with van der Waals surface area (Å²) in [4.78, 5) is 1.29. The van der Waals surface area contributed by atoms with Crippen molar-refractivity contribution in [2.75, 3.05) is 19.7 Å². The lowest BCUT2D eigenvalue weighted by Gasteiger charge is -2.13. The quantitative estimate of drug-likeness (QED) is 0.791. The fourth-order valence-corrected chi connectivity index (χ4v) is 3.04. The van der Waals surface area contributed by atoms with Crippen LogP contribution in [0.3, 0.4) is 0 Å². The highest BCUT2D eigenvalue weighted by molar-refractivity contribution is 7.16. The molecule has 0 spiro atoms. The minimum atomic E-state index is 0.257. The maximum absolute atomic E-state index is 9.14. The summed E-state index contributed by atoms with van der Waals surface area (Å²) in [5, 5.41) is 12.4. The van der Waals surface area contributed by atoms with Crippen molar-refractivity contribution in [1.29, 1.82) is 0 Å². The fourth-order valence-electron chi connectivity index (χ4n) is 1.79. The molecule has 0 radical (unpaired) electrons. The van der Waals surface area contributed by atoms with E-state index in [2.05, 4.69) is 11.4 Å². The number of rotatable bonds is 2. The van der Waals surface area contributed by atoms with Crippen LogP contribution in [-0.2, 0) is 0 Å². The summed E-state index contributed by atoms with van der Waals surface area (Å²) >= 11 is 7.48. The van der Waals surface area contributed by atoms with E-state index in [1.165, 1.54) is 4.88 Å². The van der Waals surface area contributed by atoms with Crippen molar-refractivity contribution < 1.29 is 5.11 Å². The first-order chi connectivity index (χ1) is 6.31. The Balaban J connectivity index is 2.15. The van der Waals surface area contributed by atoms with Gasteiger partial charge in [0.1, 0.15) is 0 Å². The minimum absolute atomic E-state index is 0.257. The molecule has 0 amide bonds. The average molecular weight is 218 g/mol. The van der Waals surface area contributed by atoms with Crippen LogP contribution in [0.25, 0.3) is 0 Å². The minimum Gasteiger partial charge on any atom is -0.396 e. The first-order valence-corrected chi connectivity index (χ1v) is 5.57. The molecule has 0 aromatic carbocycles. The lowest BCUT2D eigenvalue weighted by atomic mass is 9.95. The Labute approximate surface area is 86.5 Å². The van der Waals surface area contributed by atoms with Crippen LogP contribution >= 0.6 is 22.9 Å². The zero-order valence-corrected chi connectivity index (χ0v) is 8.74. The standard InChI is InChI=1S/C9H12ClNOS/c10-9-2-1-8(13-9)7-4-11-3-6(7)5-12/h1-2,6-7,11-12H,3-5H2/t6-,7-/m0/s1. The van der Waals surface area contributed by atoms with E-state index in [4.69, 9.17) is 16.7 Å². The topological polar surface area (TPSA) is 32.3 Å². The largest absolute Gasteiger partial charge is 0.396 e. The van der Waals surface area contributed by atoms with Crippen molar-refractivity contribution in [2.24, 2.45) is 5.92 Å². The molecular formula is C9H12ClNOS. The third kappa shape index (κ3) is 1.89. The number of aliphatic hydroxyl groups is 1. The van der Waals surface area contributed by atoms with E-state index in [0.717, 1.165) is 17.4 Å². The molecule has 1 fully saturated rings. The molecule has 72 valence electrons. The lowest BCUT2D eigenvalue weighted by Crippen LogP contribution is -2.14. The monoisotopic (exact) mass is 217 g/mol. The van der Waals surface area contributed by atoms with Gasteiger partial charge < -0.3 is 10.4 Å². The van der Waals surface area contributed by atoms with Crippen LogP contribution in [0.5, 0.6) is 0 Å². The van der Waals surface area contributed by atoms with Gasteiger partial charge in [-0.1, -0.05) is 11.6 Å². The average Bonchev–Trinajstić information content (AvgIpc) is 2.71. The normalized spacial score (nSPS) is 28.2. The van der Waals surface area contributed by atoms with E-state index in [0.29, 0.717) is 11.8 Å². The molecule has 13 heavy (non-hydrogen) atoms. The van der Waals surface area contributed by atoms with Gasteiger partial charge >= 0.3 is 0 Å². The van der Waals surface area contributed by atoms with Gasteiger partial charge in [0, 0.05) is 36.4 Å². The van der Waals surface area contributed by atoms with Crippen LogP contribution < -0.4 is 5.32 Å². The molecule has 1 aromatic rings. The summed E-state index contributed by atoms with van der Waals surface area (Å²) in [6.45, 7) is 2.13. The molecule has 1 saturated heterocycles. The highest BCUT2D eigenvalue weighted by Gasteiger charge is 2.28. The Morgan fingerprint density at radius 3 is 3.00 bits per heavy atom. The smallest absolute Gasteiger partial charge is 0.0931 e. The number of halogens is 1. The number of thiophene rings is 1. The van der Waals surface area contributed by atoms with Crippen molar-refractivity contribution in [1.82, 2.24) is 5.32 Å². The van der Waals surface area contributed by atoms with Crippen molar-refractivity contribution >= 4 is 22.9 Å². The number of hydrogen-bond acceptors (Lipinski definition) is 3. The van der Waals surface area contributed by atoms with E-state index in [1.807, 2.05) is 6.07 Å². The van der Waals surface area contributed by atoms with Gasteiger partial charge in [0.2, 0.25) is 0 Å². The second-order valence-corrected chi connectivity index (χ2v) is 5.10. The molecule has 1 aliphatic heterocycles. The first kappa shape index (κ1) is 9.46. The van der Waals surface area contributed by atoms with Gasteiger partial charge in [-0.25, -0.2) is 0 Å². The Hall–Kier alpha value is -0.0900. The predicted molar refractivity (Wildman–Crippen MR) is 55.5 cm³/mol. The molecular weight excluding hydrogens is 206 g/mol. The van der Waals surface area contributed by atoms with E-state index in [9.17, 15) is 0 Å². The van der Waals surface area contributed by atoms with Gasteiger partial charge in [-0.15, -0.1) is 11.3 Å². The third-order valence-corrected chi connectivity index (χ3v) is 3.90. The Bertz CT molecular complexity index is 289. The van der Waals surface area contributed by atoms with Crippen molar-refractivity contribution in [3.8, 4) is 0 Å². The molecule has 2 rings (SSSR count). The predicted octanol–water partition coefficient (Wildman–Crippen LogP) is 1.70. The molecule has 2 heterocycles. The molecule has 1 aromatic heterocycles. The van der Waals surface area contributed by atoms with Crippen molar-refractivity contribution in [3.63, 3.8) is 0 Å². The number of aliphatic hydroxyl groups excluding tert-OH is 1. The van der Waals surface area contributed by atoms with Crippen LogP contribution in [-0.4, -0.2) is 24.8 Å². The summed E-state index contributed by atoms with van der Waals surface area (Å²) in [5.74, 6) is 0.803. The van der Waals surface area contributed by atoms with Gasteiger partial charge in [0.15, 0.2) is 0 Å².